The van der Waals surface area contributed by atoms with E-state index in [2.05, 4.69) is 4.98 Å². The van der Waals surface area contributed by atoms with Crippen LogP contribution in [-0.4, -0.2) is 41.2 Å². The lowest BCUT2D eigenvalue weighted by Crippen LogP contribution is -2.47. The second-order valence-electron chi connectivity index (χ2n) is 8.89. The lowest BCUT2D eigenvalue weighted by molar-refractivity contribution is -0.121. The monoisotopic (exact) mass is 540 g/mol. The van der Waals surface area contributed by atoms with Crippen molar-refractivity contribution in [3.8, 4) is 0 Å². The van der Waals surface area contributed by atoms with Crippen molar-refractivity contribution >= 4 is 54.2 Å². The van der Waals surface area contributed by atoms with Crippen LogP contribution in [0.2, 0.25) is 5.02 Å². The maximum atomic E-state index is 14.1. The second kappa shape index (κ2) is 9.89. The molecule has 1 atom stereocenters. The van der Waals surface area contributed by atoms with E-state index in [4.69, 9.17) is 16.6 Å². The number of pyridine rings is 1. The first-order valence-corrected chi connectivity index (χ1v) is 14.2. The Hall–Kier alpha value is -2.85. The average molecular weight is 541 g/mol. The molecule has 2 aromatic heterocycles. The maximum Gasteiger partial charge on any atom is 0.247 e. The molecule has 4 aromatic rings. The van der Waals surface area contributed by atoms with Crippen molar-refractivity contribution < 1.29 is 13.2 Å². The first-order chi connectivity index (χ1) is 17.3. The zero-order chi connectivity index (χ0) is 25.4. The van der Waals surface area contributed by atoms with Gasteiger partial charge in [-0.2, -0.15) is 4.31 Å². The number of carbonyl (C=O) groups excluding carboxylic acids is 1. The minimum atomic E-state index is -3.84. The molecule has 0 N–H and O–H groups in total. The van der Waals surface area contributed by atoms with Crippen LogP contribution < -0.4 is 4.90 Å². The van der Waals surface area contributed by atoms with Gasteiger partial charge in [-0.3, -0.25) is 14.7 Å². The number of benzene rings is 2. The van der Waals surface area contributed by atoms with Crippen molar-refractivity contribution in [3.63, 3.8) is 0 Å². The molecule has 3 heterocycles. The van der Waals surface area contributed by atoms with Crippen LogP contribution in [0.25, 0.3) is 10.2 Å². The van der Waals surface area contributed by atoms with Gasteiger partial charge in [0.15, 0.2) is 5.13 Å². The summed E-state index contributed by atoms with van der Waals surface area (Å²) in [7, 11) is -3.84. The van der Waals surface area contributed by atoms with Gasteiger partial charge in [0.25, 0.3) is 0 Å². The van der Waals surface area contributed by atoms with Crippen LogP contribution in [0.5, 0.6) is 0 Å². The fourth-order valence-electron chi connectivity index (χ4n) is 4.42. The Balaban J connectivity index is 1.54. The molecular weight excluding hydrogens is 516 g/mol. The molecule has 0 aliphatic carbocycles. The molecule has 1 aliphatic rings. The molecule has 2 aromatic carbocycles. The molecule has 1 amide bonds. The van der Waals surface area contributed by atoms with E-state index in [-0.39, 0.29) is 17.3 Å². The number of rotatable bonds is 6. The summed E-state index contributed by atoms with van der Waals surface area (Å²) in [5.41, 5.74) is 3.37. The maximum absolute atomic E-state index is 14.1. The van der Waals surface area contributed by atoms with Crippen molar-refractivity contribution in [2.24, 2.45) is 0 Å². The number of hydrogen-bond donors (Lipinski definition) is 0. The number of halogens is 1. The van der Waals surface area contributed by atoms with E-state index in [9.17, 15) is 13.2 Å². The molecule has 36 heavy (non-hydrogen) atoms. The number of hydrogen-bond acceptors (Lipinski definition) is 6. The molecular formula is C26H25ClN4O3S2. The number of carbonyl (C=O) groups is 1. The summed E-state index contributed by atoms with van der Waals surface area (Å²) in [6.45, 7) is 4.33. The number of anilines is 1. The average Bonchev–Trinajstić information content (AvgIpc) is 3.54. The first-order valence-electron chi connectivity index (χ1n) is 11.6. The third kappa shape index (κ3) is 4.64. The number of aromatic nitrogens is 2. The van der Waals surface area contributed by atoms with Crippen molar-refractivity contribution in [2.45, 2.75) is 44.2 Å². The molecule has 10 heteroatoms. The number of nitrogens with zero attached hydrogens (tertiary/aromatic N) is 4. The predicted octanol–water partition coefficient (Wildman–Crippen LogP) is 5.35. The van der Waals surface area contributed by atoms with Crippen LogP contribution in [0, 0.1) is 13.8 Å². The second-order valence-corrected chi connectivity index (χ2v) is 12.2. The lowest BCUT2D eigenvalue weighted by Gasteiger charge is -2.28. The summed E-state index contributed by atoms with van der Waals surface area (Å²) in [6.07, 6.45) is 4.43. The molecule has 1 unspecified atom stereocenters. The minimum Gasteiger partial charge on any atom is -0.282 e. The predicted molar refractivity (Wildman–Crippen MR) is 143 cm³/mol. The molecule has 7 nitrogen and oxygen atoms in total. The van der Waals surface area contributed by atoms with Crippen molar-refractivity contribution in [1.29, 1.82) is 0 Å². The summed E-state index contributed by atoms with van der Waals surface area (Å²) in [5, 5.41) is 1.11. The minimum absolute atomic E-state index is 0.192. The van der Waals surface area contributed by atoms with E-state index in [0.717, 1.165) is 26.9 Å². The Labute approximate surface area is 219 Å². The largest absolute Gasteiger partial charge is 0.282 e. The van der Waals surface area contributed by atoms with E-state index in [0.29, 0.717) is 29.5 Å². The van der Waals surface area contributed by atoms with Gasteiger partial charge in [-0.1, -0.05) is 46.7 Å². The Morgan fingerprint density at radius 2 is 1.94 bits per heavy atom. The van der Waals surface area contributed by atoms with E-state index < -0.39 is 16.1 Å². The Morgan fingerprint density at radius 1 is 1.17 bits per heavy atom. The van der Waals surface area contributed by atoms with Gasteiger partial charge in [-0.25, -0.2) is 13.4 Å². The topological polar surface area (TPSA) is 83.5 Å². The van der Waals surface area contributed by atoms with Crippen molar-refractivity contribution in [3.05, 3.63) is 82.6 Å². The van der Waals surface area contributed by atoms with Gasteiger partial charge in [0.2, 0.25) is 15.9 Å². The SMILES string of the molecule is Cc1ccc(S(=O)(=O)N2CCCC2C(=O)N(Cc2cccnc2)c2nc3c(C)c(Cl)ccc3s2)cc1. The molecule has 0 spiro atoms. The van der Waals surface area contributed by atoms with Gasteiger partial charge in [-0.15, -0.1) is 0 Å². The van der Waals surface area contributed by atoms with Crippen LogP contribution >= 0.6 is 22.9 Å². The van der Waals surface area contributed by atoms with Crippen molar-refractivity contribution in [2.75, 3.05) is 11.4 Å². The highest BCUT2D eigenvalue weighted by Crippen LogP contribution is 2.36. The normalized spacial score (nSPS) is 16.5. The Kier molecular flexibility index (Phi) is 6.82. The Bertz CT molecular complexity index is 1520. The number of thiazole rings is 1. The smallest absolute Gasteiger partial charge is 0.247 e. The zero-order valence-corrected chi connectivity index (χ0v) is 22.3. The van der Waals surface area contributed by atoms with Gasteiger partial charge in [-0.05, 0) is 68.1 Å². The molecule has 186 valence electrons. The summed E-state index contributed by atoms with van der Waals surface area (Å²) < 4.78 is 29.3. The molecule has 0 radical (unpaired) electrons. The summed E-state index contributed by atoms with van der Waals surface area (Å²) in [4.78, 5) is 24.8. The van der Waals surface area contributed by atoms with E-state index in [1.54, 1.807) is 41.6 Å². The highest BCUT2D eigenvalue weighted by atomic mass is 35.5. The number of amides is 1. The zero-order valence-electron chi connectivity index (χ0n) is 19.9. The third-order valence-corrected chi connectivity index (χ3v) is 9.79. The highest BCUT2D eigenvalue weighted by Gasteiger charge is 2.42. The number of fused-ring (bicyclic) bond motifs is 1. The van der Waals surface area contributed by atoms with Crippen LogP contribution in [0.15, 0.2) is 65.8 Å². The van der Waals surface area contributed by atoms with Gasteiger partial charge in [0.05, 0.1) is 21.7 Å². The van der Waals surface area contributed by atoms with Crippen LogP contribution in [0.1, 0.15) is 29.5 Å². The van der Waals surface area contributed by atoms with Gasteiger partial charge < -0.3 is 0 Å². The van der Waals surface area contributed by atoms with Gasteiger partial charge in [0.1, 0.15) is 6.04 Å². The van der Waals surface area contributed by atoms with E-state index in [1.807, 2.05) is 38.1 Å². The number of aryl methyl sites for hydroxylation is 2. The fraction of sp³-hybridized carbons (Fsp3) is 0.269. The quantitative estimate of drug-likeness (QED) is 0.329. The first kappa shape index (κ1) is 24.8. The summed E-state index contributed by atoms with van der Waals surface area (Å²) >= 11 is 7.70. The van der Waals surface area contributed by atoms with Crippen LogP contribution in [0.4, 0.5) is 5.13 Å². The van der Waals surface area contributed by atoms with E-state index in [1.165, 1.54) is 15.6 Å². The standard InChI is InChI=1S/C26H25ClN4O3S2/c1-17-7-9-20(10-8-17)36(33,34)31-14-4-6-22(31)25(32)30(16-19-5-3-13-28-15-19)26-29-24-18(2)21(27)11-12-23(24)35-26/h3,5,7-13,15,22H,4,6,14,16H2,1-2H3. The Morgan fingerprint density at radius 3 is 2.67 bits per heavy atom. The third-order valence-electron chi connectivity index (χ3n) is 6.41. The molecule has 1 aliphatic heterocycles. The molecule has 1 saturated heterocycles. The summed E-state index contributed by atoms with van der Waals surface area (Å²) in [5.74, 6) is -0.296. The van der Waals surface area contributed by atoms with E-state index >= 15 is 0 Å². The van der Waals surface area contributed by atoms with Crippen molar-refractivity contribution in [1.82, 2.24) is 14.3 Å². The highest BCUT2D eigenvalue weighted by molar-refractivity contribution is 7.89. The van der Waals surface area contributed by atoms with Gasteiger partial charge >= 0.3 is 0 Å². The fourth-order valence-corrected chi connectivity index (χ4v) is 7.25. The molecule has 0 saturated carbocycles. The van der Waals surface area contributed by atoms with Crippen LogP contribution in [0.3, 0.4) is 0 Å². The lowest BCUT2D eigenvalue weighted by atomic mass is 10.2. The van der Waals surface area contributed by atoms with Gasteiger partial charge in [0, 0.05) is 24.0 Å². The molecule has 0 bridgehead atoms. The number of sulfonamides is 1. The van der Waals surface area contributed by atoms with Crippen LogP contribution in [-0.2, 0) is 21.4 Å². The molecule has 1 fully saturated rings. The molecule has 5 rings (SSSR count). The summed E-state index contributed by atoms with van der Waals surface area (Å²) in [6, 6.07) is 13.3.